The van der Waals surface area contributed by atoms with Crippen molar-refractivity contribution in [1.29, 1.82) is 0 Å². The largest absolute Gasteiger partial charge is 0.497 e. The first-order valence-electron chi connectivity index (χ1n) is 9.08. The minimum absolute atomic E-state index is 0.0530. The van der Waals surface area contributed by atoms with Crippen molar-refractivity contribution in [2.24, 2.45) is 0 Å². The fourth-order valence-corrected chi connectivity index (χ4v) is 3.23. The molecule has 2 aromatic rings. The minimum Gasteiger partial charge on any atom is -0.497 e. The van der Waals surface area contributed by atoms with E-state index in [9.17, 15) is 14.4 Å². The molecule has 10 nitrogen and oxygen atoms in total. The van der Waals surface area contributed by atoms with Crippen molar-refractivity contribution in [3.05, 3.63) is 41.5 Å². The van der Waals surface area contributed by atoms with Gasteiger partial charge in [0.1, 0.15) is 22.8 Å². The van der Waals surface area contributed by atoms with E-state index in [-0.39, 0.29) is 23.8 Å². The maximum absolute atomic E-state index is 13.2. The monoisotopic (exact) mass is 426 g/mol. The molecular weight excluding hydrogens is 408 g/mol. The number of carbonyl (C=O) groups is 3. The van der Waals surface area contributed by atoms with Gasteiger partial charge in [0.25, 0.3) is 11.8 Å². The van der Waals surface area contributed by atoms with Crippen molar-refractivity contribution in [3.8, 4) is 28.7 Å². The molecule has 0 radical (unpaired) electrons. The molecule has 31 heavy (non-hydrogen) atoms. The molecule has 0 unspecified atom stereocenters. The number of ether oxygens (including phenoxy) is 5. The maximum Gasteiger partial charge on any atom is 0.336 e. The van der Waals surface area contributed by atoms with Crippen LogP contribution in [0, 0.1) is 0 Å². The Morgan fingerprint density at radius 1 is 0.935 bits per heavy atom. The van der Waals surface area contributed by atoms with Gasteiger partial charge in [0, 0.05) is 17.7 Å². The summed E-state index contributed by atoms with van der Waals surface area (Å²) in [6.07, 6.45) is 1.33. The quantitative estimate of drug-likeness (QED) is 0.571. The van der Waals surface area contributed by atoms with Crippen LogP contribution in [0.25, 0.3) is 6.08 Å². The zero-order chi connectivity index (χ0) is 22.1. The van der Waals surface area contributed by atoms with E-state index in [1.54, 1.807) is 18.2 Å². The fraction of sp³-hybridized carbons (Fsp3) is 0.190. The molecule has 0 aliphatic carbocycles. The SMILES string of the molecule is COc1ccc(N2C(=O)NC(=O)/C(=C/c3cc4c(cc3OC)OCO4)C2=O)c(OC)c1. The molecule has 0 spiro atoms. The molecule has 4 amide bonds. The van der Waals surface area contributed by atoms with E-state index in [4.69, 9.17) is 23.7 Å². The normalized spacial score (nSPS) is 16.4. The number of nitrogens with zero attached hydrogens (tertiary/aromatic N) is 1. The van der Waals surface area contributed by atoms with Crippen LogP contribution in [-0.2, 0) is 9.59 Å². The van der Waals surface area contributed by atoms with Crippen LogP contribution in [0.15, 0.2) is 35.9 Å². The molecule has 2 aliphatic heterocycles. The summed E-state index contributed by atoms with van der Waals surface area (Å²) in [6.45, 7) is 0.0530. The van der Waals surface area contributed by atoms with E-state index in [1.807, 2.05) is 0 Å². The highest BCUT2D eigenvalue weighted by Gasteiger charge is 2.38. The number of nitrogens with one attached hydrogen (secondary N) is 1. The first-order chi connectivity index (χ1) is 15.0. The zero-order valence-corrected chi connectivity index (χ0v) is 16.9. The summed E-state index contributed by atoms with van der Waals surface area (Å²) in [5.74, 6) is 0.331. The summed E-state index contributed by atoms with van der Waals surface area (Å²) >= 11 is 0. The molecule has 2 aliphatic rings. The predicted molar refractivity (Wildman–Crippen MR) is 108 cm³/mol. The molecule has 0 saturated carbocycles. The summed E-state index contributed by atoms with van der Waals surface area (Å²) in [5, 5.41) is 2.17. The van der Waals surface area contributed by atoms with E-state index in [0.717, 1.165) is 4.90 Å². The zero-order valence-electron chi connectivity index (χ0n) is 16.9. The first-order valence-corrected chi connectivity index (χ1v) is 9.08. The molecule has 2 heterocycles. The Balaban J connectivity index is 1.78. The molecule has 1 fully saturated rings. The van der Waals surface area contributed by atoms with Gasteiger partial charge < -0.3 is 23.7 Å². The van der Waals surface area contributed by atoms with Crippen LogP contribution >= 0.6 is 0 Å². The van der Waals surface area contributed by atoms with E-state index in [1.165, 1.54) is 39.5 Å². The van der Waals surface area contributed by atoms with Crippen molar-refractivity contribution in [1.82, 2.24) is 5.32 Å². The van der Waals surface area contributed by atoms with Crippen molar-refractivity contribution >= 4 is 29.6 Å². The van der Waals surface area contributed by atoms with Gasteiger partial charge in [-0.3, -0.25) is 14.9 Å². The van der Waals surface area contributed by atoms with Crippen molar-refractivity contribution in [2.45, 2.75) is 0 Å². The Morgan fingerprint density at radius 2 is 1.65 bits per heavy atom. The van der Waals surface area contributed by atoms with E-state index >= 15 is 0 Å². The number of urea groups is 1. The van der Waals surface area contributed by atoms with Gasteiger partial charge in [-0.2, -0.15) is 0 Å². The second kappa shape index (κ2) is 7.90. The number of barbiturate groups is 1. The Bertz CT molecular complexity index is 1120. The maximum atomic E-state index is 13.2. The second-order valence-corrected chi connectivity index (χ2v) is 6.44. The number of amides is 4. The van der Waals surface area contributed by atoms with Gasteiger partial charge in [0.2, 0.25) is 6.79 Å². The highest BCUT2D eigenvalue weighted by molar-refractivity contribution is 6.39. The van der Waals surface area contributed by atoms with Crippen molar-refractivity contribution in [2.75, 3.05) is 33.0 Å². The molecule has 0 aromatic heterocycles. The van der Waals surface area contributed by atoms with Gasteiger partial charge >= 0.3 is 6.03 Å². The Labute approximate surface area is 176 Å². The van der Waals surface area contributed by atoms with Crippen LogP contribution in [0.3, 0.4) is 0 Å². The standard InChI is InChI=1S/C21H18N2O8/c1-27-12-4-5-14(16(8-12)29-3)23-20(25)13(19(24)22-21(23)26)6-11-7-17-18(31-10-30-17)9-15(11)28-2/h4-9H,10H2,1-3H3,(H,22,24,26)/b13-6-. The molecular formula is C21H18N2O8. The number of hydrogen-bond donors (Lipinski definition) is 1. The molecule has 160 valence electrons. The summed E-state index contributed by atoms with van der Waals surface area (Å²) in [5.41, 5.74) is 0.290. The lowest BCUT2D eigenvalue weighted by molar-refractivity contribution is -0.122. The van der Waals surface area contributed by atoms with Gasteiger partial charge in [-0.05, 0) is 24.3 Å². The second-order valence-electron chi connectivity index (χ2n) is 6.44. The number of hydrogen-bond acceptors (Lipinski definition) is 8. The molecule has 0 atom stereocenters. The van der Waals surface area contributed by atoms with Crippen LogP contribution in [-0.4, -0.2) is 46.0 Å². The molecule has 1 saturated heterocycles. The van der Waals surface area contributed by atoms with Crippen LogP contribution < -0.4 is 33.9 Å². The van der Waals surface area contributed by atoms with E-state index in [2.05, 4.69) is 5.32 Å². The van der Waals surface area contributed by atoms with Crippen LogP contribution in [0.1, 0.15) is 5.56 Å². The minimum atomic E-state index is -0.895. The third-order valence-electron chi connectivity index (χ3n) is 4.75. The molecule has 2 aromatic carbocycles. The van der Waals surface area contributed by atoms with Gasteiger partial charge in [-0.15, -0.1) is 0 Å². The Hall–Kier alpha value is -4.21. The lowest BCUT2D eigenvalue weighted by Gasteiger charge is -2.27. The van der Waals surface area contributed by atoms with Crippen molar-refractivity contribution < 1.29 is 38.1 Å². The average Bonchev–Trinajstić information content (AvgIpc) is 3.23. The topological polar surface area (TPSA) is 113 Å². The molecule has 4 rings (SSSR count). The molecule has 1 N–H and O–H groups in total. The van der Waals surface area contributed by atoms with Gasteiger partial charge in [-0.1, -0.05) is 0 Å². The highest BCUT2D eigenvalue weighted by Crippen LogP contribution is 2.39. The van der Waals surface area contributed by atoms with Crippen LogP contribution in [0.5, 0.6) is 28.7 Å². The smallest absolute Gasteiger partial charge is 0.336 e. The summed E-state index contributed by atoms with van der Waals surface area (Å²) in [4.78, 5) is 39.0. The van der Waals surface area contributed by atoms with E-state index < -0.39 is 17.8 Å². The Kier molecular flexibility index (Phi) is 5.12. The highest BCUT2D eigenvalue weighted by atomic mass is 16.7. The number of carbonyl (C=O) groups excluding carboxylic acids is 3. The fourth-order valence-electron chi connectivity index (χ4n) is 3.23. The lowest BCUT2D eigenvalue weighted by Crippen LogP contribution is -2.54. The number of anilines is 1. The van der Waals surface area contributed by atoms with Crippen LogP contribution in [0.2, 0.25) is 0 Å². The van der Waals surface area contributed by atoms with Gasteiger partial charge in [-0.25, -0.2) is 9.69 Å². The number of methoxy groups -OCH3 is 3. The number of benzene rings is 2. The molecule has 10 heteroatoms. The van der Waals surface area contributed by atoms with Gasteiger partial charge in [0.05, 0.1) is 27.0 Å². The number of fused-ring (bicyclic) bond motifs is 1. The first kappa shape index (κ1) is 20.1. The van der Waals surface area contributed by atoms with Crippen molar-refractivity contribution in [3.63, 3.8) is 0 Å². The Morgan fingerprint density at radius 3 is 2.32 bits per heavy atom. The van der Waals surface area contributed by atoms with Crippen LogP contribution in [0.4, 0.5) is 10.5 Å². The van der Waals surface area contributed by atoms with Gasteiger partial charge in [0.15, 0.2) is 11.5 Å². The summed E-state index contributed by atoms with van der Waals surface area (Å²) in [7, 11) is 4.32. The average molecular weight is 426 g/mol. The predicted octanol–water partition coefficient (Wildman–Crippen LogP) is 2.11. The summed E-state index contributed by atoms with van der Waals surface area (Å²) in [6, 6.07) is 6.87. The lowest BCUT2D eigenvalue weighted by atomic mass is 10.0. The van der Waals surface area contributed by atoms with E-state index in [0.29, 0.717) is 28.6 Å². The number of imide groups is 2. The summed E-state index contributed by atoms with van der Waals surface area (Å²) < 4.78 is 26.5. The third kappa shape index (κ3) is 3.48. The number of rotatable bonds is 5. The molecule has 0 bridgehead atoms. The third-order valence-corrected chi connectivity index (χ3v) is 4.75.